The molecule has 5 aliphatic carbocycles. The molecule has 0 spiro atoms. The highest BCUT2D eigenvalue weighted by Crippen LogP contribution is 2.69. The Morgan fingerprint density at radius 1 is 0.870 bits per heavy atom. The summed E-state index contributed by atoms with van der Waals surface area (Å²) in [4.78, 5) is 0. The highest BCUT2D eigenvalue weighted by molar-refractivity contribution is 5.18. The zero-order chi connectivity index (χ0) is 15.7. The Balaban J connectivity index is 1.39. The van der Waals surface area contributed by atoms with Crippen LogP contribution in [0.1, 0.15) is 65.7 Å². The van der Waals surface area contributed by atoms with Gasteiger partial charge < -0.3 is 0 Å². The Morgan fingerprint density at radius 2 is 1.70 bits per heavy atom. The van der Waals surface area contributed by atoms with E-state index in [1.807, 2.05) is 0 Å². The standard InChI is InChI=1S/C23H36/c1-4-5-7-15-10-16-11-20(15)22(13(16)2)23-14(3)19-12-21(23)18-9-6-8-17(18)19/h6,8,13-23H,4-5,7,9-12H2,1-3H3. The molecule has 0 aromatic heterocycles. The number of unbranched alkanes of at least 4 members (excludes halogenated alkanes) is 1. The summed E-state index contributed by atoms with van der Waals surface area (Å²) in [5.74, 6) is 11.7. The molecule has 128 valence electrons. The van der Waals surface area contributed by atoms with Gasteiger partial charge >= 0.3 is 0 Å². The summed E-state index contributed by atoms with van der Waals surface area (Å²) in [6.45, 7) is 7.67. The Morgan fingerprint density at radius 3 is 2.48 bits per heavy atom. The second-order valence-electron chi connectivity index (χ2n) is 10.1. The molecule has 5 rings (SSSR count). The van der Waals surface area contributed by atoms with Crippen LogP contribution in [0.4, 0.5) is 0 Å². The zero-order valence-corrected chi connectivity index (χ0v) is 15.5. The van der Waals surface area contributed by atoms with E-state index < -0.39 is 0 Å². The van der Waals surface area contributed by atoms with E-state index in [1.165, 1.54) is 19.3 Å². The van der Waals surface area contributed by atoms with Gasteiger partial charge in [0.15, 0.2) is 0 Å². The normalized spacial score (nSPS) is 59.2. The summed E-state index contributed by atoms with van der Waals surface area (Å²) in [6.07, 6.45) is 15.8. The molecule has 5 aliphatic rings. The predicted octanol–water partition coefficient (Wildman–Crippen LogP) is 6.18. The van der Waals surface area contributed by atoms with E-state index in [-0.39, 0.29) is 0 Å². The van der Waals surface area contributed by atoms with Crippen LogP contribution in [0.5, 0.6) is 0 Å². The molecule has 0 aromatic carbocycles. The largest absolute Gasteiger partial charge is 0.0879 e. The van der Waals surface area contributed by atoms with Crippen LogP contribution < -0.4 is 0 Å². The smallest absolute Gasteiger partial charge is 0.0168 e. The van der Waals surface area contributed by atoms with Crippen molar-refractivity contribution in [2.24, 2.45) is 65.1 Å². The summed E-state index contributed by atoms with van der Waals surface area (Å²) in [5.41, 5.74) is 0. The molecule has 0 nitrogen and oxygen atoms in total. The third-order valence-electron chi connectivity index (χ3n) is 9.63. The topological polar surface area (TPSA) is 0 Å². The first kappa shape index (κ1) is 15.0. The fourth-order valence-corrected chi connectivity index (χ4v) is 8.82. The first-order valence-electron chi connectivity index (χ1n) is 10.9. The first-order valence-corrected chi connectivity index (χ1v) is 10.9. The Hall–Kier alpha value is -0.260. The van der Waals surface area contributed by atoms with Gasteiger partial charge in [-0.25, -0.2) is 0 Å². The van der Waals surface area contributed by atoms with Gasteiger partial charge in [-0.1, -0.05) is 52.2 Å². The molecule has 11 atom stereocenters. The van der Waals surface area contributed by atoms with Gasteiger partial charge in [-0.05, 0) is 90.8 Å². The molecule has 0 heterocycles. The van der Waals surface area contributed by atoms with Crippen molar-refractivity contribution in [3.63, 3.8) is 0 Å². The SMILES string of the molecule is CCCCC1CC2CC1C(C1C(C)C3CC1C1CC=CC31)C2C. The number of hydrogen-bond donors (Lipinski definition) is 0. The quantitative estimate of drug-likeness (QED) is 0.544. The number of fused-ring (bicyclic) bond motifs is 7. The minimum atomic E-state index is 0.982. The van der Waals surface area contributed by atoms with Gasteiger partial charge in [-0.15, -0.1) is 0 Å². The minimum absolute atomic E-state index is 0.982. The lowest BCUT2D eigenvalue weighted by Crippen LogP contribution is -2.41. The number of rotatable bonds is 4. The zero-order valence-electron chi connectivity index (χ0n) is 15.5. The van der Waals surface area contributed by atoms with Crippen molar-refractivity contribution in [1.29, 1.82) is 0 Å². The fraction of sp³-hybridized carbons (Fsp3) is 0.913. The van der Waals surface area contributed by atoms with Gasteiger partial charge in [0.05, 0.1) is 0 Å². The Kier molecular flexibility index (Phi) is 3.51. The molecule has 11 unspecified atom stereocenters. The maximum absolute atomic E-state index is 2.65. The van der Waals surface area contributed by atoms with E-state index >= 15 is 0 Å². The van der Waals surface area contributed by atoms with Crippen LogP contribution >= 0.6 is 0 Å². The molecule has 0 saturated heterocycles. The van der Waals surface area contributed by atoms with Crippen LogP contribution in [0.3, 0.4) is 0 Å². The Labute approximate surface area is 143 Å². The minimum Gasteiger partial charge on any atom is -0.0879 e. The van der Waals surface area contributed by atoms with Crippen molar-refractivity contribution < 1.29 is 0 Å². The average Bonchev–Trinajstić information content (AvgIpc) is 3.29. The van der Waals surface area contributed by atoms with Crippen molar-refractivity contribution in [1.82, 2.24) is 0 Å². The van der Waals surface area contributed by atoms with Crippen molar-refractivity contribution in [2.75, 3.05) is 0 Å². The lowest BCUT2D eigenvalue weighted by atomic mass is 9.58. The molecular formula is C23H36. The van der Waals surface area contributed by atoms with Gasteiger partial charge in [0.1, 0.15) is 0 Å². The van der Waals surface area contributed by atoms with Crippen LogP contribution in [-0.2, 0) is 0 Å². The molecule has 0 aromatic rings. The molecule has 4 saturated carbocycles. The van der Waals surface area contributed by atoms with Crippen LogP contribution in [0.15, 0.2) is 12.2 Å². The molecule has 0 N–H and O–H groups in total. The number of allylic oxidation sites excluding steroid dienone is 2. The number of hydrogen-bond acceptors (Lipinski definition) is 0. The molecular weight excluding hydrogens is 276 g/mol. The van der Waals surface area contributed by atoms with Crippen LogP contribution in [0.25, 0.3) is 0 Å². The van der Waals surface area contributed by atoms with Crippen LogP contribution in [0, 0.1) is 65.1 Å². The van der Waals surface area contributed by atoms with Gasteiger partial charge in [-0.3, -0.25) is 0 Å². The lowest BCUT2D eigenvalue weighted by molar-refractivity contribution is 0.0186. The summed E-state index contributed by atoms with van der Waals surface area (Å²) in [5, 5.41) is 0. The maximum atomic E-state index is 2.65. The maximum Gasteiger partial charge on any atom is -0.0168 e. The molecule has 0 heteroatoms. The predicted molar refractivity (Wildman–Crippen MR) is 96.9 cm³/mol. The van der Waals surface area contributed by atoms with Crippen molar-refractivity contribution in [2.45, 2.75) is 65.7 Å². The van der Waals surface area contributed by atoms with E-state index in [4.69, 9.17) is 0 Å². The molecule has 23 heavy (non-hydrogen) atoms. The third-order valence-corrected chi connectivity index (χ3v) is 9.63. The highest BCUT2D eigenvalue weighted by Gasteiger charge is 2.62. The third kappa shape index (κ3) is 1.96. The highest BCUT2D eigenvalue weighted by atomic mass is 14.7. The van der Waals surface area contributed by atoms with Crippen LogP contribution in [-0.4, -0.2) is 0 Å². The van der Waals surface area contributed by atoms with Crippen molar-refractivity contribution in [3.8, 4) is 0 Å². The second kappa shape index (κ2) is 5.37. The molecule has 4 fully saturated rings. The summed E-state index contributed by atoms with van der Waals surface area (Å²) < 4.78 is 0. The van der Waals surface area contributed by atoms with Crippen LogP contribution in [0.2, 0.25) is 0 Å². The van der Waals surface area contributed by atoms with Gasteiger partial charge in [0.25, 0.3) is 0 Å². The van der Waals surface area contributed by atoms with E-state index in [2.05, 4.69) is 32.9 Å². The van der Waals surface area contributed by atoms with E-state index in [9.17, 15) is 0 Å². The van der Waals surface area contributed by atoms with Gasteiger partial charge in [0, 0.05) is 0 Å². The van der Waals surface area contributed by atoms with Gasteiger partial charge in [-0.2, -0.15) is 0 Å². The lowest BCUT2D eigenvalue weighted by Gasteiger charge is -2.46. The van der Waals surface area contributed by atoms with E-state index in [0.29, 0.717) is 0 Å². The van der Waals surface area contributed by atoms with Gasteiger partial charge in [0.2, 0.25) is 0 Å². The van der Waals surface area contributed by atoms with Crippen molar-refractivity contribution in [3.05, 3.63) is 12.2 Å². The molecule has 0 aliphatic heterocycles. The summed E-state index contributed by atoms with van der Waals surface area (Å²) in [6, 6.07) is 0. The summed E-state index contributed by atoms with van der Waals surface area (Å²) >= 11 is 0. The monoisotopic (exact) mass is 312 g/mol. The Bertz CT molecular complexity index is 490. The van der Waals surface area contributed by atoms with Crippen molar-refractivity contribution >= 4 is 0 Å². The summed E-state index contributed by atoms with van der Waals surface area (Å²) in [7, 11) is 0. The molecule has 4 bridgehead atoms. The van der Waals surface area contributed by atoms with E-state index in [1.54, 1.807) is 25.7 Å². The van der Waals surface area contributed by atoms with E-state index in [0.717, 1.165) is 65.1 Å². The average molecular weight is 313 g/mol. The first-order chi connectivity index (χ1) is 11.2. The molecule has 0 amide bonds. The second-order valence-corrected chi connectivity index (χ2v) is 10.1. The molecule has 0 radical (unpaired) electrons. The fourth-order valence-electron chi connectivity index (χ4n) is 8.82.